The second-order valence-corrected chi connectivity index (χ2v) is 8.33. The molecule has 0 spiro atoms. The molecule has 1 aliphatic rings. The minimum absolute atomic E-state index is 0.0810. The van der Waals surface area contributed by atoms with Crippen LogP contribution in [0.4, 0.5) is 5.82 Å². The van der Waals surface area contributed by atoms with E-state index in [0.29, 0.717) is 16.4 Å². The molecule has 0 atom stereocenters. The Morgan fingerprint density at radius 3 is 2.52 bits per heavy atom. The van der Waals surface area contributed by atoms with Gasteiger partial charge in [0, 0.05) is 24.3 Å². The van der Waals surface area contributed by atoms with Gasteiger partial charge >= 0.3 is 0 Å². The lowest BCUT2D eigenvalue weighted by atomic mass is 10.1. The fourth-order valence-corrected chi connectivity index (χ4v) is 4.01. The van der Waals surface area contributed by atoms with Crippen LogP contribution in [-0.2, 0) is 22.3 Å². The van der Waals surface area contributed by atoms with Crippen LogP contribution in [0.1, 0.15) is 30.7 Å². The second kappa shape index (κ2) is 8.12. The maximum Gasteiger partial charge on any atom is 0.216 e. The molecular weight excluding hydrogens is 360 g/mol. The van der Waals surface area contributed by atoms with Crippen LogP contribution in [-0.4, -0.2) is 31.5 Å². The molecule has 1 aromatic carbocycles. The highest BCUT2D eigenvalue weighted by atomic mass is 35.5. The van der Waals surface area contributed by atoms with E-state index in [1.54, 1.807) is 30.5 Å². The molecule has 8 heteroatoms. The maximum absolute atomic E-state index is 12.2. The number of rotatable bonds is 6. The van der Waals surface area contributed by atoms with E-state index in [4.69, 9.17) is 11.6 Å². The third kappa shape index (κ3) is 5.39. The Bertz CT molecular complexity index is 806. The Morgan fingerprint density at radius 1 is 1.08 bits per heavy atom. The van der Waals surface area contributed by atoms with E-state index >= 15 is 0 Å². The van der Waals surface area contributed by atoms with E-state index in [1.165, 1.54) is 6.42 Å². The molecule has 1 N–H and O–H groups in total. The Labute approximate surface area is 153 Å². The van der Waals surface area contributed by atoms with Gasteiger partial charge in [0.1, 0.15) is 11.6 Å². The summed E-state index contributed by atoms with van der Waals surface area (Å²) in [6.07, 6.45) is 5.25. The van der Waals surface area contributed by atoms with Gasteiger partial charge in [0.25, 0.3) is 0 Å². The molecule has 1 fully saturated rings. The monoisotopic (exact) mass is 380 g/mol. The lowest BCUT2D eigenvalue weighted by molar-refractivity contribution is 0.569. The first-order valence-corrected chi connectivity index (χ1v) is 10.3. The summed E-state index contributed by atoms with van der Waals surface area (Å²) < 4.78 is 27.0. The molecule has 25 heavy (non-hydrogen) atoms. The number of halogens is 1. The summed E-state index contributed by atoms with van der Waals surface area (Å²) >= 11 is 5.82. The predicted octanol–water partition coefficient (Wildman–Crippen LogP) is 2.74. The van der Waals surface area contributed by atoms with Gasteiger partial charge in [-0.1, -0.05) is 23.7 Å². The van der Waals surface area contributed by atoms with Crippen LogP contribution in [0.25, 0.3) is 0 Å². The van der Waals surface area contributed by atoms with E-state index in [0.717, 1.165) is 31.7 Å². The predicted molar refractivity (Wildman–Crippen MR) is 99.0 cm³/mol. The number of nitrogens with one attached hydrogen (secondary N) is 1. The number of hydrogen-bond donors (Lipinski definition) is 1. The number of sulfonamides is 1. The first-order valence-electron chi connectivity index (χ1n) is 8.30. The molecule has 0 unspecified atom stereocenters. The lowest BCUT2D eigenvalue weighted by Gasteiger charge is -2.27. The molecule has 0 saturated carbocycles. The summed E-state index contributed by atoms with van der Waals surface area (Å²) in [7, 11) is -3.47. The van der Waals surface area contributed by atoms with Crippen molar-refractivity contribution in [3.8, 4) is 0 Å². The van der Waals surface area contributed by atoms with Gasteiger partial charge in [-0.25, -0.2) is 23.1 Å². The lowest BCUT2D eigenvalue weighted by Crippen LogP contribution is -2.31. The van der Waals surface area contributed by atoms with Gasteiger partial charge in [-0.3, -0.25) is 0 Å². The summed E-state index contributed by atoms with van der Waals surface area (Å²) in [5.74, 6) is 1.24. The minimum Gasteiger partial charge on any atom is -0.357 e. The highest BCUT2D eigenvalue weighted by molar-refractivity contribution is 7.88. The topological polar surface area (TPSA) is 75.2 Å². The highest BCUT2D eigenvalue weighted by Gasteiger charge is 2.15. The van der Waals surface area contributed by atoms with Crippen LogP contribution in [0.5, 0.6) is 0 Å². The largest absolute Gasteiger partial charge is 0.357 e. The van der Waals surface area contributed by atoms with Crippen LogP contribution in [0.3, 0.4) is 0 Å². The van der Waals surface area contributed by atoms with Gasteiger partial charge in [-0.15, -0.1) is 0 Å². The van der Waals surface area contributed by atoms with Crippen molar-refractivity contribution in [2.75, 3.05) is 18.0 Å². The van der Waals surface area contributed by atoms with Gasteiger partial charge < -0.3 is 4.90 Å². The number of nitrogens with zero attached hydrogens (tertiary/aromatic N) is 3. The maximum atomic E-state index is 12.2. The average Bonchev–Trinajstić information content (AvgIpc) is 2.63. The summed E-state index contributed by atoms with van der Waals surface area (Å²) in [4.78, 5) is 10.9. The van der Waals surface area contributed by atoms with E-state index in [9.17, 15) is 8.42 Å². The van der Waals surface area contributed by atoms with Gasteiger partial charge in [0.15, 0.2) is 0 Å². The highest BCUT2D eigenvalue weighted by Crippen LogP contribution is 2.17. The summed E-state index contributed by atoms with van der Waals surface area (Å²) in [5, 5.41) is 0.581. The van der Waals surface area contributed by atoms with E-state index in [2.05, 4.69) is 19.6 Å². The Kier molecular flexibility index (Phi) is 5.88. The molecule has 1 aliphatic heterocycles. The number of piperidine rings is 1. The number of benzene rings is 1. The van der Waals surface area contributed by atoms with Gasteiger partial charge in [0.2, 0.25) is 10.0 Å². The zero-order chi connectivity index (χ0) is 17.7. The van der Waals surface area contributed by atoms with Crippen molar-refractivity contribution < 1.29 is 8.42 Å². The van der Waals surface area contributed by atoms with Gasteiger partial charge in [-0.2, -0.15) is 0 Å². The third-order valence-electron chi connectivity index (χ3n) is 4.09. The summed E-state index contributed by atoms with van der Waals surface area (Å²) in [6.45, 7) is 2.05. The zero-order valence-electron chi connectivity index (χ0n) is 13.9. The first-order chi connectivity index (χ1) is 12.0. The Hall–Kier alpha value is -1.70. The molecule has 2 heterocycles. The number of hydrogen-bond acceptors (Lipinski definition) is 5. The number of anilines is 1. The average molecular weight is 381 g/mol. The smallest absolute Gasteiger partial charge is 0.216 e. The minimum atomic E-state index is -3.47. The van der Waals surface area contributed by atoms with Crippen LogP contribution in [0.15, 0.2) is 36.5 Å². The molecule has 3 rings (SSSR count). The van der Waals surface area contributed by atoms with Crippen molar-refractivity contribution in [1.82, 2.24) is 14.7 Å². The van der Waals surface area contributed by atoms with Crippen LogP contribution < -0.4 is 9.62 Å². The van der Waals surface area contributed by atoms with Crippen molar-refractivity contribution >= 4 is 27.4 Å². The quantitative estimate of drug-likeness (QED) is 0.833. The van der Waals surface area contributed by atoms with Crippen LogP contribution in [0, 0.1) is 0 Å². The molecule has 0 amide bonds. The van der Waals surface area contributed by atoms with Gasteiger partial charge in [-0.05, 0) is 43.0 Å². The molecule has 6 nitrogen and oxygen atoms in total. The fraction of sp³-hybridized carbons (Fsp3) is 0.412. The normalized spacial score (nSPS) is 15.3. The molecule has 1 saturated heterocycles. The van der Waals surface area contributed by atoms with Crippen LogP contribution in [0.2, 0.25) is 5.02 Å². The van der Waals surface area contributed by atoms with Crippen molar-refractivity contribution in [2.24, 2.45) is 0 Å². The van der Waals surface area contributed by atoms with Crippen LogP contribution >= 0.6 is 11.6 Å². The standard InChI is InChI=1S/C17H21ClN4O2S/c18-15-6-4-14(5-7-15)13-25(23,24)20-12-16-19-9-8-17(21-16)22-10-2-1-3-11-22/h4-9,20H,1-3,10-13H2. The van der Waals surface area contributed by atoms with Crippen molar-refractivity contribution in [2.45, 2.75) is 31.6 Å². The van der Waals surface area contributed by atoms with E-state index < -0.39 is 10.0 Å². The molecular formula is C17H21ClN4O2S. The number of aromatic nitrogens is 2. The first kappa shape index (κ1) is 18.1. The molecule has 2 aromatic rings. The van der Waals surface area contributed by atoms with Gasteiger partial charge in [0.05, 0.1) is 12.3 Å². The zero-order valence-corrected chi connectivity index (χ0v) is 15.4. The second-order valence-electron chi connectivity index (χ2n) is 6.09. The van der Waals surface area contributed by atoms with Crippen molar-refractivity contribution in [3.05, 3.63) is 52.9 Å². The Balaban J connectivity index is 1.61. The molecule has 0 bridgehead atoms. The summed E-state index contributed by atoms with van der Waals surface area (Å²) in [5.41, 5.74) is 0.680. The molecule has 0 aliphatic carbocycles. The molecule has 1 aromatic heterocycles. The van der Waals surface area contributed by atoms with Crippen molar-refractivity contribution in [1.29, 1.82) is 0 Å². The SMILES string of the molecule is O=S(=O)(Cc1ccc(Cl)cc1)NCc1nccc(N2CCCCC2)n1. The fourth-order valence-electron chi connectivity index (χ4n) is 2.80. The Morgan fingerprint density at radius 2 is 1.80 bits per heavy atom. The van der Waals surface area contributed by atoms with Crippen molar-refractivity contribution in [3.63, 3.8) is 0 Å². The molecule has 134 valence electrons. The molecule has 0 radical (unpaired) electrons. The van der Waals surface area contributed by atoms with E-state index in [1.807, 2.05) is 6.07 Å². The summed E-state index contributed by atoms with van der Waals surface area (Å²) in [6, 6.07) is 8.64. The third-order valence-corrected chi connectivity index (χ3v) is 5.64. The van der Waals surface area contributed by atoms with E-state index in [-0.39, 0.29) is 12.3 Å².